The lowest BCUT2D eigenvalue weighted by atomic mass is 9.73. The van der Waals surface area contributed by atoms with E-state index in [4.69, 9.17) is 0 Å². The van der Waals surface area contributed by atoms with E-state index in [1.807, 2.05) is 17.3 Å². The SMILES string of the molecule is CC1(C)CN(C(=O)C2(O)CNC2)C1c1nccn1C1CC1. The number of carbonyl (C=O) groups excluding carboxylic acids is 1. The van der Waals surface area contributed by atoms with Crippen LogP contribution in [0.3, 0.4) is 0 Å². The summed E-state index contributed by atoms with van der Waals surface area (Å²) in [4.78, 5) is 19.0. The summed E-state index contributed by atoms with van der Waals surface area (Å²) in [5.74, 6) is 0.814. The monoisotopic (exact) mass is 290 g/mol. The molecular weight excluding hydrogens is 268 g/mol. The van der Waals surface area contributed by atoms with Crippen LogP contribution < -0.4 is 5.32 Å². The number of hydrogen-bond donors (Lipinski definition) is 2. The van der Waals surface area contributed by atoms with Gasteiger partial charge in [0.15, 0.2) is 5.60 Å². The molecule has 1 amide bonds. The van der Waals surface area contributed by atoms with Crippen molar-refractivity contribution in [3.8, 4) is 0 Å². The Bertz CT molecular complexity index is 586. The first-order valence-electron chi connectivity index (χ1n) is 7.69. The van der Waals surface area contributed by atoms with Crippen LogP contribution in [0.25, 0.3) is 0 Å². The molecule has 3 heterocycles. The molecule has 0 aromatic carbocycles. The summed E-state index contributed by atoms with van der Waals surface area (Å²) < 4.78 is 2.22. The van der Waals surface area contributed by atoms with Crippen LogP contribution >= 0.6 is 0 Å². The fraction of sp³-hybridized carbons (Fsp3) is 0.733. The molecule has 2 saturated heterocycles. The van der Waals surface area contributed by atoms with Crippen molar-refractivity contribution in [2.45, 2.75) is 44.4 Å². The van der Waals surface area contributed by atoms with Crippen molar-refractivity contribution in [3.05, 3.63) is 18.2 Å². The van der Waals surface area contributed by atoms with E-state index >= 15 is 0 Å². The van der Waals surface area contributed by atoms with E-state index in [2.05, 4.69) is 28.7 Å². The van der Waals surface area contributed by atoms with Gasteiger partial charge in [0.2, 0.25) is 0 Å². The molecule has 1 aromatic rings. The Hall–Kier alpha value is -1.40. The molecule has 1 aliphatic carbocycles. The molecule has 1 atom stereocenters. The first-order valence-corrected chi connectivity index (χ1v) is 7.69. The number of imidazole rings is 1. The van der Waals surface area contributed by atoms with Crippen LogP contribution in [-0.4, -0.2) is 50.7 Å². The number of β-amino-alcohol motifs (C(OH)–C–C–N with tert-alkyl or cyclic N) is 1. The normalized spacial score (nSPS) is 29.7. The molecule has 0 bridgehead atoms. The van der Waals surface area contributed by atoms with Crippen molar-refractivity contribution in [2.75, 3.05) is 19.6 Å². The van der Waals surface area contributed by atoms with Gasteiger partial charge in [-0.3, -0.25) is 4.79 Å². The van der Waals surface area contributed by atoms with Gasteiger partial charge in [-0.2, -0.15) is 0 Å². The van der Waals surface area contributed by atoms with Gasteiger partial charge in [-0.25, -0.2) is 4.98 Å². The topological polar surface area (TPSA) is 70.4 Å². The molecule has 3 fully saturated rings. The van der Waals surface area contributed by atoms with Crippen molar-refractivity contribution < 1.29 is 9.90 Å². The van der Waals surface area contributed by atoms with E-state index in [-0.39, 0.29) is 17.4 Å². The molecule has 2 aliphatic heterocycles. The number of aromatic nitrogens is 2. The predicted octanol–water partition coefficient (Wildman–Crippen LogP) is 0.462. The van der Waals surface area contributed by atoms with Crippen LogP contribution in [0.5, 0.6) is 0 Å². The van der Waals surface area contributed by atoms with E-state index in [0.717, 1.165) is 5.82 Å². The smallest absolute Gasteiger partial charge is 0.257 e. The molecule has 2 N–H and O–H groups in total. The lowest BCUT2D eigenvalue weighted by Gasteiger charge is -2.56. The summed E-state index contributed by atoms with van der Waals surface area (Å²) in [6, 6.07) is 0.509. The zero-order chi connectivity index (χ0) is 14.8. The Balaban J connectivity index is 1.64. The number of nitrogens with one attached hydrogen (secondary N) is 1. The van der Waals surface area contributed by atoms with Crippen LogP contribution in [0.4, 0.5) is 0 Å². The van der Waals surface area contributed by atoms with Crippen molar-refractivity contribution >= 4 is 5.91 Å². The van der Waals surface area contributed by atoms with Gasteiger partial charge >= 0.3 is 0 Å². The van der Waals surface area contributed by atoms with Gasteiger partial charge in [0, 0.05) is 43.5 Å². The standard InChI is InChI=1S/C15H22N4O2/c1-14(2)9-19(13(20)15(21)7-16-8-15)11(14)12-17-5-6-18(12)10-3-4-10/h5-6,10-11,16,21H,3-4,7-9H2,1-2H3. The first-order chi connectivity index (χ1) is 9.92. The van der Waals surface area contributed by atoms with Crippen molar-refractivity contribution in [3.63, 3.8) is 0 Å². The lowest BCUT2D eigenvalue weighted by Crippen LogP contribution is -2.72. The van der Waals surface area contributed by atoms with Gasteiger partial charge in [0.25, 0.3) is 5.91 Å². The Kier molecular flexibility index (Phi) is 2.58. The van der Waals surface area contributed by atoms with E-state index in [1.54, 1.807) is 0 Å². The highest BCUT2D eigenvalue weighted by Gasteiger charge is 2.56. The maximum atomic E-state index is 12.6. The van der Waals surface area contributed by atoms with E-state index in [9.17, 15) is 9.90 Å². The minimum atomic E-state index is -1.22. The largest absolute Gasteiger partial charge is 0.377 e. The number of likely N-dealkylation sites (tertiary alicyclic amines) is 1. The number of hydrogen-bond acceptors (Lipinski definition) is 4. The highest BCUT2D eigenvalue weighted by molar-refractivity contribution is 5.88. The second-order valence-corrected chi connectivity index (χ2v) is 7.38. The molecule has 4 rings (SSSR count). The van der Waals surface area contributed by atoms with Crippen LogP contribution in [0.2, 0.25) is 0 Å². The summed E-state index contributed by atoms with van der Waals surface area (Å²) in [5.41, 5.74) is -1.22. The number of nitrogens with zero attached hydrogens (tertiary/aromatic N) is 3. The summed E-state index contributed by atoms with van der Waals surface area (Å²) in [6.45, 7) is 5.71. The van der Waals surface area contributed by atoms with Gasteiger partial charge in [0.1, 0.15) is 5.82 Å². The molecule has 6 nitrogen and oxygen atoms in total. The second kappa shape index (κ2) is 4.08. The highest BCUT2D eigenvalue weighted by atomic mass is 16.3. The number of carbonyl (C=O) groups is 1. The van der Waals surface area contributed by atoms with Crippen LogP contribution in [0.1, 0.15) is 44.6 Å². The molecule has 3 aliphatic rings. The molecule has 1 aromatic heterocycles. The maximum absolute atomic E-state index is 12.6. The average Bonchev–Trinajstić information content (AvgIpc) is 3.13. The fourth-order valence-electron chi connectivity index (χ4n) is 3.58. The Morgan fingerprint density at radius 2 is 2.14 bits per heavy atom. The van der Waals surface area contributed by atoms with Crippen LogP contribution in [0, 0.1) is 5.41 Å². The minimum absolute atomic E-state index is 0.00118. The molecule has 6 heteroatoms. The molecule has 1 saturated carbocycles. The van der Waals surface area contributed by atoms with Crippen LogP contribution in [0.15, 0.2) is 12.4 Å². The third-order valence-corrected chi connectivity index (χ3v) is 5.01. The van der Waals surface area contributed by atoms with Gasteiger partial charge < -0.3 is 19.9 Å². The molecular formula is C15H22N4O2. The zero-order valence-corrected chi connectivity index (χ0v) is 12.5. The molecule has 0 spiro atoms. The maximum Gasteiger partial charge on any atom is 0.257 e. The minimum Gasteiger partial charge on any atom is -0.377 e. The summed E-state index contributed by atoms with van der Waals surface area (Å²) in [7, 11) is 0. The van der Waals surface area contributed by atoms with Crippen molar-refractivity contribution in [1.29, 1.82) is 0 Å². The lowest BCUT2D eigenvalue weighted by molar-refractivity contribution is -0.178. The quantitative estimate of drug-likeness (QED) is 0.848. The Morgan fingerprint density at radius 3 is 2.67 bits per heavy atom. The third kappa shape index (κ3) is 1.85. The van der Waals surface area contributed by atoms with Gasteiger partial charge in [0.05, 0.1) is 6.04 Å². The number of amides is 1. The summed E-state index contributed by atoms with van der Waals surface area (Å²) in [6.07, 6.45) is 6.23. The van der Waals surface area contributed by atoms with Crippen molar-refractivity contribution in [2.24, 2.45) is 5.41 Å². The molecule has 0 radical (unpaired) electrons. The van der Waals surface area contributed by atoms with Crippen LogP contribution in [-0.2, 0) is 4.79 Å². The van der Waals surface area contributed by atoms with Gasteiger partial charge in [-0.05, 0) is 12.8 Å². The van der Waals surface area contributed by atoms with Gasteiger partial charge in [-0.15, -0.1) is 0 Å². The summed E-state index contributed by atoms with van der Waals surface area (Å²) in [5, 5.41) is 13.3. The predicted molar refractivity (Wildman–Crippen MR) is 76.6 cm³/mol. The van der Waals surface area contributed by atoms with E-state index < -0.39 is 5.60 Å². The van der Waals surface area contributed by atoms with E-state index in [1.165, 1.54) is 12.8 Å². The zero-order valence-electron chi connectivity index (χ0n) is 12.5. The molecule has 21 heavy (non-hydrogen) atoms. The second-order valence-electron chi connectivity index (χ2n) is 7.38. The Labute approximate surface area is 124 Å². The summed E-state index contributed by atoms with van der Waals surface area (Å²) >= 11 is 0. The third-order valence-electron chi connectivity index (χ3n) is 5.01. The number of aliphatic hydroxyl groups is 1. The van der Waals surface area contributed by atoms with Gasteiger partial charge in [-0.1, -0.05) is 13.8 Å². The fourth-order valence-corrected chi connectivity index (χ4v) is 3.58. The number of rotatable bonds is 3. The molecule has 1 unspecified atom stereocenters. The average molecular weight is 290 g/mol. The van der Waals surface area contributed by atoms with E-state index in [0.29, 0.717) is 25.7 Å². The highest BCUT2D eigenvalue weighted by Crippen LogP contribution is 2.50. The first kappa shape index (κ1) is 13.3. The molecule has 114 valence electrons. The van der Waals surface area contributed by atoms with Crippen molar-refractivity contribution in [1.82, 2.24) is 19.8 Å². The Morgan fingerprint density at radius 1 is 1.43 bits per heavy atom.